The van der Waals surface area contributed by atoms with Crippen molar-refractivity contribution in [3.05, 3.63) is 0 Å². The van der Waals surface area contributed by atoms with Crippen LogP contribution in [-0.2, 0) is 0 Å². The van der Waals surface area contributed by atoms with E-state index in [1.807, 2.05) is 7.05 Å². The molecule has 0 aliphatic rings. The van der Waals surface area contributed by atoms with Gasteiger partial charge >= 0.3 is 0 Å². The van der Waals surface area contributed by atoms with Gasteiger partial charge in [0.05, 0.1) is 0 Å². The summed E-state index contributed by atoms with van der Waals surface area (Å²) in [6, 6.07) is 0. The molecule has 4 nitrogen and oxygen atoms in total. The van der Waals surface area contributed by atoms with Gasteiger partial charge in [-0.25, -0.2) is 0 Å². The van der Waals surface area contributed by atoms with Crippen molar-refractivity contribution in [1.82, 2.24) is 16.0 Å². The fourth-order valence-electron chi connectivity index (χ4n) is 1.07. The maximum atomic E-state index is 5.34. The first-order valence-electron chi connectivity index (χ1n) is 5.18. The predicted molar refractivity (Wildman–Crippen MR) is 58.0 cm³/mol. The minimum atomic E-state index is 0.737. The summed E-state index contributed by atoms with van der Waals surface area (Å²) >= 11 is 0. The summed E-state index contributed by atoms with van der Waals surface area (Å²) in [5, 5.41) is 9.73. The Hall–Kier alpha value is -0.160. The van der Waals surface area contributed by atoms with Crippen LogP contribution in [0.5, 0.6) is 0 Å². The number of hydrogen-bond donors (Lipinski definition) is 4. The van der Waals surface area contributed by atoms with Gasteiger partial charge in [-0.3, -0.25) is 0 Å². The molecule has 0 fully saturated rings. The van der Waals surface area contributed by atoms with E-state index in [0.717, 1.165) is 39.3 Å². The summed E-state index contributed by atoms with van der Waals surface area (Å²) < 4.78 is 0. The molecule has 0 aliphatic heterocycles. The molecule has 0 rings (SSSR count). The maximum absolute atomic E-state index is 5.34. The number of likely N-dealkylation sites (N-methyl/N-ethyl adjacent to an activating group) is 1. The van der Waals surface area contributed by atoms with Crippen LogP contribution in [0.4, 0.5) is 0 Å². The molecule has 0 aromatic rings. The van der Waals surface area contributed by atoms with E-state index in [9.17, 15) is 0 Å². The van der Waals surface area contributed by atoms with Crippen LogP contribution in [0.15, 0.2) is 0 Å². The Kier molecular flexibility index (Phi) is 11.7. The van der Waals surface area contributed by atoms with Gasteiger partial charge in [0, 0.05) is 26.2 Å². The minimum Gasteiger partial charge on any atom is -0.329 e. The Labute approximate surface area is 81.6 Å². The van der Waals surface area contributed by atoms with Crippen LogP contribution in [0.3, 0.4) is 0 Å². The van der Waals surface area contributed by atoms with Crippen LogP contribution in [0.1, 0.15) is 12.8 Å². The third kappa shape index (κ3) is 11.8. The van der Waals surface area contributed by atoms with Crippen molar-refractivity contribution in [2.24, 2.45) is 5.73 Å². The Morgan fingerprint density at radius 3 is 2.00 bits per heavy atom. The fraction of sp³-hybridized carbons (Fsp3) is 1.00. The summed E-state index contributed by atoms with van der Waals surface area (Å²) in [5.74, 6) is 0. The van der Waals surface area contributed by atoms with Gasteiger partial charge in [0.1, 0.15) is 0 Å². The summed E-state index contributed by atoms with van der Waals surface area (Å²) in [6.07, 6.45) is 2.47. The topological polar surface area (TPSA) is 62.1 Å². The van der Waals surface area contributed by atoms with E-state index in [0.29, 0.717) is 0 Å². The molecule has 0 heterocycles. The van der Waals surface area contributed by atoms with Gasteiger partial charge < -0.3 is 21.7 Å². The molecule has 0 saturated heterocycles. The average molecular weight is 188 g/mol. The molecule has 5 N–H and O–H groups in total. The molecule has 80 valence electrons. The zero-order valence-electron chi connectivity index (χ0n) is 8.73. The summed E-state index contributed by atoms with van der Waals surface area (Å²) in [5.41, 5.74) is 5.34. The fourth-order valence-corrected chi connectivity index (χ4v) is 1.07. The summed E-state index contributed by atoms with van der Waals surface area (Å²) in [7, 11) is 1.97. The zero-order valence-corrected chi connectivity index (χ0v) is 8.73. The van der Waals surface area contributed by atoms with E-state index < -0.39 is 0 Å². The van der Waals surface area contributed by atoms with Gasteiger partial charge in [-0.1, -0.05) is 0 Å². The van der Waals surface area contributed by atoms with Crippen LogP contribution in [0, 0.1) is 0 Å². The van der Waals surface area contributed by atoms with Crippen molar-refractivity contribution in [1.29, 1.82) is 0 Å². The molecule has 0 spiro atoms. The Bertz CT molecular complexity index is 77.7. The van der Waals surface area contributed by atoms with Crippen molar-refractivity contribution >= 4 is 0 Å². The summed E-state index contributed by atoms with van der Waals surface area (Å²) in [4.78, 5) is 0. The van der Waals surface area contributed by atoms with Crippen LogP contribution < -0.4 is 21.7 Å². The first-order chi connectivity index (χ1) is 6.41. The van der Waals surface area contributed by atoms with Crippen molar-refractivity contribution < 1.29 is 0 Å². The predicted octanol–water partition coefficient (Wildman–Crippen LogP) is -0.876. The van der Waals surface area contributed by atoms with Crippen molar-refractivity contribution in [3.63, 3.8) is 0 Å². The van der Waals surface area contributed by atoms with Gasteiger partial charge in [0.25, 0.3) is 0 Å². The van der Waals surface area contributed by atoms with Gasteiger partial charge in [-0.2, -0.15) is 0 Å². The molecule has 0 bridgehead atoms. The quantitative estimate of drug-likeness (QED) is 0.336. The van der Waals surface area contributed by atoms with Crippen LogP contribution in [0.2, 0.25) is 0 Å². The van der Waals surface area contributed by atoms with Crippen molar-refractivity contribution in [2.45, 2.75) is 12.8 Å². The van der Waals surface area contributed by atoms with E-state index in [2.05, 4.69) is 16.0 Å². The molecule has 0 amide bonds. The average Bonchev–Trinajstić information content (AvgIpc) is 2.16. The van der Waals surface area contributed by atoms with Gasteiger partial charge in [-0.05, 0) is 33.0 Å². The van der Waals surface area contributed by atoms with Crippen LogP contribution in [0.25, 0.3) is 0 Å². The molecule has 0 aliphatic carbocycles. The summed E-state index contributed by atoms with van der Waals surface area (Å²) in [6.45, 7) is 5.99. The standard InChI is InChI=1S/C9H24N4/c1-11-8-9-13-6-3-2-5-12-7-4-10/h11-13H,2-10H2,1H3. The Morgan fingerprint density at radius 1 is 0.846 bits per heavy atom. The lowest BCUT2D eigenvalue weighted by Gasteiger charge is -2.04. The van der Waals surface area contributed by atoms with Crippen molar-refractivity contribution in [3.8, 4) is 0 Å². The highest BCUT2D eigenvalue weighted by Gasteiger charge is 1.88. The van der Waals surface area contributed by atoms with E-state index in [1.54, 1.807) is 0 Å². The van der Waals surface area contributed by atoms with Gasteiger partial charge in [0.15, 0.2) is 0 Å². The van der Waals surface area contributed by atoms with E-state index in [4.69, 9.17) is 5.73 Å². The smallest absolute Gasteiger partial charge is 0.00766 e. The first kappa shape index (κ1) is 12.8. The maximum Gasteiger partial charge on any atom is 0.00766 e. The van der Waals surface area contributed by atoms with Gasteiger partial charge in [0.2, 0.25) is 0 Å². The molecule has 0 aromatic carbocycles. The number of nitrogens with one attached hydrogen (secondary N) is 3. The van der Waals surface area contributed by atoms with Crippen LogP contribution >= 0.6 is 0 Å². The van der Waals surface area contributed by atoms with E-state index in [-0.39, 0.29) is 0 Å². The third-order valence-electron chi connectivity index (χ3n) is 1.83. The molecule has 0 unspecified atom stereocenters. The number of unbranched alkanes of at least 4 members (excludes halogenated alkanes) is 1. The SMILES string of the molecule is CNCCNCCCCNCCN. The zero-order chi connectivity index (χ0) is 9.78. The second-order valence-corrected chi connectivity index (χ2v) is 3.10. The first-order valence-corrected chi connectivity index (χ1v) is 5.18. The second-order valence-electron chi connectivity index (χ2n) is 3.10. The molecule has 13 heavy (non-hydrogen) atoms. The number of hydrogen-bond acceptors (Lipinski definition) is 4. The minimum absolute atomic E-state index is 0.737. The molecule has 4 heteroatoms. The monoisotopic (exact) mass is 188 g/mol. The highest BCUT2D eigenvalue weighted by molar-refractivity contribution is 4.52. The molecule has 0 aromatic heterocycles. The van der Waals surface area contributed by atoms with E-state index >= 15 is 0 Å². The molecular formula is C9H24N4. The highest BCUT2D eigenvalue weighted by Crippen LogP contribution is 1.83. The Balaban J connectivity index is 2.76. The molecular weight excluding hydrogens is 164 g/mol. The van der Waals surface area contributed by atoms with E-state index in [1.165, 1.54) is 12.8 Å². The lowest BCUT2D eigenvalue weighted by Crippen LogP contribution is -2.27. The normalized spacial score (nSPS) is 10.6. The van der Waals surface area contributed by atoms with Crippen molar-refractivity contribution in [2.75, 3.05) is 46.3 Å². The lowest BCUT2D eigenvalue weighted by atomic mass is 10.3. The highest BCUT2D eigenvalue weighted by atomic mass is 14.9. The number of nitrogens with two attached hydrogens (primary N) is 1. The van der Waals surface area contributed by atoms with Crippen LogP contribution in [-0.4, -0.2) is 46.3 Å². The molecule has 0 saturated carbocycles. The largest absolute Gasteiger partial charge is 0.329 e. The number of rotatable bonds is 10. The lowest BCUT2D eigenvalue weighted by molar-refractivity contribution is 0.578. The second kappa shape index (κ2) is 11.8. The third-order valence-corrected chi connectivity index (χ3v) is 1.83. The molecule has 0 atom stereocenters. The molecule has 0 radical (unpaired) electrons. The van der Waals surface area contributed by atoms with Gasteiger partial charge in [-0.15, -0.1) is 0 Å². The Morgan fingerprint density at radius 2 is 1.46 bits per heavy atom.